The van der Waals surface area contributed by atoms with E-state index in [0.717, 1.165) is 16.8 Å². The molecule has 1 heterocycles. The third kappa shape index (κ3) is 5.88. The minimum absolute atomic E-state index is 0.0272. The summed E-state index contributed by atoms with van der Waals surface area (Å²) in [4.78, 5) is 26.8. The summed E-state index contributed by atoms with van der Waals surface area (Å²) in [5.41, 5.74) is 2.76. The first-order valence-electron chi connectivity index (χ1n) is 10.6. The molecule has 1 amide bonds. The number of rotatable bonds is 10. The van der Waals surface area contributed by atoms with Crippen LogP contribution in [0.1, 0.15) is 47.1 Å². The number of hydrogen-bond acceptors (Lipinski definition) is 6. The number of benzene rings is 2. The van der Waals surface area contributed by atoms with Crippen LogP contribution in [-0.4, -0.2) is 43.7 Å². The van der Waals surface area contributed by atoms with Gasteiger partial charge >= 0.3 is 5.97 Å². The van der Waals surface area contributed by atoms with Crippen LogP contribution in [0.25, 0.3) is 0 Å². The molecule has 1 fully saturated rings. The van der Waals surface area contributed by atoms with Crippen molar-refractivity contribution in [2.75, 3.05) is 30.5 Å². The Balaban J connectivity index is 1.69. The highest BCUT2D eigenvalue weighted by Crippen LogP contribution is 2.42. The van der Waals surface area contributed by atoms with Gasteiger partial charge in [0, 0.05) is 25.3 Å². The molecule has 0 saturated carbocycles. The van der Waals surface area contributed by atoms with Crippen molar-refractivity contribution in [3.63, 3.8) is 0 Å². The summed E-state index contributed by atoms with van der Waals surface area (Å²) in [7, 11) is 0. The number of carbonyl (C=O) groups excluding carboxylic acids is 2. The Bertz CT molecular complexity index is 930. The molecule has 172 valence electrons. The van der Waals surface area contributed by atoms with Crippen molar-refractivity contribution >= 4 is 29.3 Å². The minimum Gasteiger partial charge on any atom is -0.462 e. The fourth-order valence-electron chi connectivity index (χ4n) is 3.53. The van der Waals surface area contributed by atoms with Crippen LogP contribution in [-0.2, 0) is 19.0 Å². The zero-order chi connectivity index (χ0) is 23.1. The van der Waals surface area contributed by atoms with E-state index in [2.05, 4.69) is 0 Å². The molecule has 1 aliphatic rings. The Kier molecular flexibility index (Phi) is 8.67. The predicted octanol–water partition coefficient (Wildman–Crippen LogP) is 4.86. The van der Waals surface area contributed by atoms with Gasteiger partial charge < -0.3 is 14.2 Å². The van der Waals surface area contributed by atoms with E-state index in [-0.39, 0.29) is 23.7 Å². The smallest absolute Gasteiger partial charge is 0.338 e. The topological polar surface area (TPSA) is 65.1 Å². The number of amides is 1. The highest BCUT2D eigenvalue weighted by atomic mass is 32.2. The molecule has 1 unspecified atom stereocenters. The van der Waals surface area contributed by atoms with Crippen LogP contribution in [0.15, 0.2) is 42.5 Å². The molecule has 8 heteroatoms. The Morgan fingerprint density at radius 2 is 1.84 bits per heavy atom. The summed E-state index contributed by atoms with van der Waals surface area (Å²) in [6.45, 7) is 6.83. The van der Waals surface area contributed by atoms with E-state index in [0.29, 0.717) is 31.0 Å². The normalized spacial score (nSPS) is 16.1. The summed E-state index contributed by atoms with van der Waals surface area (Å²) in [5, 5.41) is -0.242. The molecule has 1 aliphatic heterocycles. The molecule has 0 radical (unpaired) electrons. The Morgan fingerprint density at radius 3 is 2.47 bits per heavy atom. The average molecular weight is 462 g/mol. The number of ether oxygens (including phenoxy) is 3. The van der Waals surface area contributed by atoms with Gasteiger partial charge in [0.25, 0.3) is 0 Å². The fraction of sp³-hybridized carbons (Fsp3) is 0.417. The molecule has 1 saturated heterocycles. The van der Waals surface area contributed by atoms with Gasteiger partial charge in [0.15, 0.2) is 6.29 Å². The van der Waals surface area contributed by atoms with Gasteiger partial charge in [-0.05, 0) is 62.2 Å². The van der Waals surface area contributed by atoms with Crippen LogP contribution in [0, 0.1) is 12.7 Å². The maximum absolute atomic E-state index is 13.3. The van der Waals surface area contributed by atoms with E-state index in [4.69, 9.17) is 14.2 Å². The number of carbonyl (C=O) groups is 2. The average Bonchev–Trinajstić information content (AvgIpc) is 3.15. The van der Waals surface area contributed by atoms with Gasteiger partial charge in [0.2, 0.25) is 5.91 Å². The molecule has 0 spiro atoms. The van der Waals surface area contributed by atoms with E-state index in [9.17, 15) is 14.0 Å². The number of hydrogen-bond donors (Lipinski definition) is 0. The largest absolute Gasteiger partial charge is 0.462 e. The third-order valence-corrected chi connectivity index (χ3v) is 6.22. The van der Waals surface area contributed by atoms with E-state index in [1.807, 2.05) is 20.8 Å². The maximum Gasteiger partial charge on any atom is 0.338 e. The lowest BCUT2D eigenvalue weighted by Crippen LogP contribution is -2.28. The first kappa shape index (κ1) is 24.2. The summed E-state index contributed by atoms with van der Waals surface area (Å²) in [6.07, 6.45) is 0.0487. The molecule has 32 heavy (non-hydrogen) atoms. The third-order valence-electron chi connectivity index (χ3n) is 5.01. The molecular weight excluding hydrogens is 433 g/mol. The number of nitrogens with zero attached hydrogens (tertiary/aromatic N) is 1. The Hall–Kier alpha value is -2.42. The van der Waals surface area contributed by atoms with Crippen molar-refractivity contribution in [1.82, 2.24) is 0 Å². The minimum atomic E-state index is -0.441. The quantitative estimate of drug-likeness (QED) is 0.372. The van der Waals surface area contributed by atoms with Gasteiger partial charge in [-0.25, -0.2) is 9.18 Å². The molecule has 0 bridgehead atoms. The first-order valence-corrected chi connectivity index (χ1v) is 11.7. The second kappa shape index (κ2) is 11.4. The zero-order valence-electron chi connectivity index (χ0n) is 18.5. The number of halogens is 1. The molecule has 0 aliphatic carbocycles. The van der Waals surface area contributed by atoms with E-state index in [1.165, 1.54) is 23.9 Å². The molecule has 0 aromatic heterocycles. The van der Waals surface area contributed by atoms with Gasteiger partial charge in [0.05, 0.1) is 17.9 Å². The Morgan fingerprint density at radius 1 is 1.16 bits per heavy atom. The van der Waals surface area contributed by atoms with Crippen molar-refractivity contribution in [2.45, 2.75) is 38.9 Å². The Labute approximate surface area is 192 Å². The van der Waals surface area contributed by atoms with Gasteiger partial charge in [-0.15, -0.1) is 11.8 Å². The molecule has 1 atom stereocenters. The maximum atomic E-state index is 13.3. The van der Waals surface area contributed by atoms with Crippen molar-refractivity contribution in [3.05, 3.63) is 65.0 Å². The number of aryl methyl sites for hydroxylation is 1. The second-order valence-electron chi connectivity index (χ2n) is 7.24. The molecular formula is C24H28FNO5S. The summed E-state index contributed by atoms with van der Waals surface area (Å²) in [6, 6.07) is 11.3. The first-order chi connectivity index (χ1) is 15.4. The number of esters is 1. The van der Waals surface area contributed by atoms with Crippen LogP contribution in [0.3, 0.4) is 0 Å². The van der Waals surface area contributed by atoms with E-state index >= 15 is 0 Å². The molecule has 2 aromatic carbocycles. The highest BCUT2D eigenvalue weighted by molar-refractivity contribution is 8.00. The predicted molar refractivity (Wildman–Crippen MR) is 122 cm³/mol. The zero-order valence-corrected chi connectivity index (χ0v) is 19.3. The molecule has 6 nitrogen and oxygen atoms in total. The van der Waals surface area contributed by atoms with E-state index < -0.39 is 12.3 Å². The van der Waals surface area contributed by atoms with Crippen molar-refractivity contribution in [2.24, 2.45) is 0 Å². The van der Waals surface area contributed by atoms with Crippen LogP contribution in [0.2, 0.25) is 0 Å². The molecule has 0 N–H and O–H groups in total. The van der Waals surface area contributed by atoms with Gasteiger partial charge in [-0.2, -0.15) is 0 Å². The summed E-state index contributed by atoms with van der Waals surface area (Å²) >= 11 is 1.49. The lowest BCUT2D eigenvalue weighted by Gasteiger charge is -2.26. The van der Waals surface area contributed by atoms with Crippen LogP contribution < -0.4 is 4.90 Å². The highest BCUT2D eigenvalue weighted by Gasteiger charge is 2.35. The fourth-order valence-corrected chi connectivity index (χ4v) is 4.70. The lowest BCUT2D eigenvalue weighted by atomic mass is 10.1. The van der Waals surface area contributed by atoms with Gasteiger partial charge in [-0.1, -0.05) is 12.1 Å². The monoisotopic (exact) mass is 461 g/mol. The van der Waals surface area contributed by atoms with Crippen molar-refractivity contribution in [1.29, 1.82) is 0 Å². The molecule has 2 aromatic rings. The van der Waals surface area contributed by atoms with Crippen LogP contribution >= 0.6 is 11.8 Å². The standard InChI is InChI=1S/C24H28FNO5S/c1-4-29-22(30-5-2)12-13-31-24(28)18-8-11-20(16(3)14-18)26-21(27)15-32-23(26)17-6-9-19(25)10-7-17/h6-11,14,22-23H,4-5,12-13,15H2,1-3H3. The van der Waals surface area contributed by atoms with Crippen molar-refractivity contribution < 1.29 is 28.2 Å². The SMILES string of the molecule is CCOC(CCOC(=O)c1ccc(N2C(=O)CSC2c2ccc(F)cc2)c(C)c1)OCC. The molecule has 3 rings (SSSR count). The van der Waals surface area contributed by atoms with Crippen LogP contribution in [0.5, 0.6) is 0 Å². The van der Waals surface area contributed by atoms with Crippen LogP contribution in [0.4, 0.5) is 10.1 Å². The number of thioether (sulfide) groups is 1. The van der Waals surface area contributed by atoms with E-state index in [1.54, 1.807) is 35.2 Å². The second-order valence-corrected chi connectivity index (χ2v) is 8.31. The lowest BCUT2D eigenvalue weighted by molar-refractivity contribution is -0.144. The van der Waals surface area contributed by atoms with Gasteiger partial charge in [-0.3, -0.25) is 9.69 Å². The summed E-state index contributed by atoms with van der Waals surface area (Å²) in [5.74, 6) is -0.446. The van der Waals surface area contributed by atoms with Crippen molar-refractivity contribution in [3.8, 4) is 0 Å². The number of anilines is 1. The van der Waals surface area contributed by atoms with Gasteiger partial charge in [0.1, 0.15) is 11.2 Å². The summed E-state index contributed by atoms with van der Waals surface area (Å²) < 4.78 is 29.6.